The summed E-state index contributed by atoms with van der Waals surface area (Å²) < 4.78 is 1.59. The molecule has 5 aromatic rings. The van der Waals surface area contributed by atoms with Crippen LogP contribution in [-0.4, -0.2) is 36.8 Å². The van der Waals surface area contributed by atoms with Gasteiger partial charge in [-0.2, -0.15) is 5.10 Å². The number of nitrogens with one attached hydrogen (secondary N) is 3. The van der Waals surface area contributed by atoms with Crippen molar-refractivity contribution >= 4 is 11.8 Å². The Balaban J connectivity index is 1.37. The van der Waals surface area contributed by atoms with E-state index in [9.17, 15) is 9.59 Å². The average molecular weight is 449 g/mol. The van der Waals surface area contributed by atoms with Gasteiger partial charge in [0, 0.05) is 11.1 Å². The maximum atomic E-state index is 12.8. The Morgan fingerprint density at radius 1 is 0.735 bits per heavy atom. The van der Waals surface area contributed by atoms with Crippen LogP contribution in [0.4, 0.5) is 0 Å². The summed E-state index contributed by atoms with van der Waals surface area (Å²) in [6, 6.07) is 28.1. The Labute approximate surface area is 194 Å². The minimum atomic E-state index is -0.648. The Morgan fingerprint density at radius 2 is 1.32 bits per heavy atom. The van der Waals surface area contributed by atoms with Gasteiger partial charge in [-0.05, 0) is 12.1 Å². The van der Waals surface area contributed by atoms with Gasteiger partial charge in [-0.25, -0.2) is 9.67 Å². The molecule has 2 aromatic heterocycles. The zero-order valence-corrected chi connectivity index (χ0v) is 17.8. The van der Waals surface area contributed by atoms with E-state index < -0.39 is 11.8 Å². The molecule has 34 heavy (non-hydrogen) atoms. The van der Waals surface area contributed by atoms with Crippen LogP contribution in [0.5, 0.6) is 0 Å². The molecule has 0 fully saturated rings. The summed E-state index contributed by atoms with van der Waals surface area (Å²) in [5.74, 6) is -0.750. The van der Waals surface area contributed by atoms with Crippen LogP contribution in [-0.2, 0) is 0 Å². The first-order chi connectivity index (χ1) is 16.7. The fourth-order valence-corrected chi connectivity index (χ4v) is 3.45. The fourth-order valence-electron chi connectivity index (χ4n) is 3.45. The maximum absolute atomic E-state index is 12.8. The van der Waals surface area contributed by atoms with E-state index in [1.807, 2.05) is 91.0 Å². The number of aromatic amines is 1. The summed E-state index contributed by atoms with van der Waals surface area (Å²) in [6.07, 6.45) is 1.40. The van der Waals surface area contributed by atoms with Gasteiger partial charge >= 0.3 is 5.91 Å². The summed E-state index contributed by atoms with van der Waals surface area (Å²) in [7, 11) is 0. The monoisotopic (exact) mass is 449 g/mol. The number of rotatable bonds is 5. The summed E-state index contributed by atoms with van der Waals surface area (Å²) in [5.41, 5.74) is 7.99. The van der Waals surface area contributed by atoms with Gasteiger partial charge in [0.2, 0.25) is 5.82 Å². The van der Waals surface area contributed by atoms with Crippen molar-refractivity contribution in [3.05, 3.63) is 109 Å². The number of aromatic nitrogens is 5. The molecule has 9 nitrogen and oxygen atoms in total. The highest BCUT2D eigenvalue weighted by Gasteiger charge is 2.20. The highest BCUT2D eigenvalue weighted by molar-refractivity contribution is 6.01. The van der Waals surface area contributed by atoms with E-state index in [0.29, 0.717) is 17.1 Å². The number of carbonyl (C=O) groups is 2. The van der Waals surface area contributed by atoms with Crippen LogP contribution in [0.25, 0.3) is 28.3 Å². The van der Waals surface area contributed by atoms with Gasteiger partial charge in [-0.3, -0.25) is 25.5 Å². The van der Waals surface area contributed by atoms with Gasteiger partial charge in [0.05, 0.1) is 23.1 Å². The van der Waals surface area contributed by atoms with Crippen LogP contribution in [0.1, 0.15) is 21.0 Å². The van der Waals surface area contributed by atoms with Crippen LogP contribution >= 0.6 is 0 Å². The smallest absolute Gasteiger partial charge is 0.277 e. The molecule has 0 bridgehead atoms. The highest BCUT2D eigenvalue weighted by Crippen LogP contribution is 2.22. The lowest BCUT2D eigenvalue weighted by molar-refractivity contribution is 0.0841. The molecular formula is C25H19N7O2. The standard InChI is InChI=1S/C25H19N7O2/c33-24(20-16-26-28-21(20)17-10-4-1-5-11-17)29-30-25(34)22-27-23(18-12-6-2-7-13-18)32(31-22)19-14-8-3-9-15-19/h1-16H,(H,26,28)(H,29,33)(H,30,34). The number of carbonyl (C=O) groups excluding carboxylic acids is 2. The molecule has 0 radical (unpaired) electrons. The van der Waals surface area contributed by atoms with Gasteiger partial charge < -0.3 is 0 Å². The molecular weight excluding hydrogens is 430 g/mol. The largest absolute Gasteiger partial charge is 0.309 e. The van der Waals surface area contributed by atoms with E-state index >= 15 is 0 Å². The molecule has 2 heterocycles. The van der Waals surface area contributed by atoms with Gasteiger partial charge in [0.25, 0.3) is 5.91 Å². The molecule has 3 aromatic carbocycles. The molecule has 2 amide bonds. The normalized spacial score (nSPS) is 10.6. The second-order valence-electron chi connectivity index (χ2n) is 7.31. The van der Waals surface area contributed by atoms with E-state index in [2.05, 4.69) is 31.1 Å². The van der Waals surface area contributed by atoms with E-state index in [1.54, 1.807) is 4.68 Å². The topological polar surface area (TPSA) is 118 Å². The minimum Gasteiger partial charge on any atom is -0.277 e. The molecule has 0 saturated carbocycles. The summed E-state index contributed by atoms with van der Waals surface area (Å²) in [5, 5.41) is 11.2. The predicted molar refractivity (Wildman–Crippen MR) is 126 cm³/mol. The zero-order chi connectivity index (χ0) is 23.3. The Kier molecular flexibility index (Phi) is 5.64. The third-order valence-electron chi connectivity index (χ3n) is 5.08. The molecule has 9 heteroatoms. The lowest BCUT2D eigenvalue weighted by Gasteiger charge is -2.06. The van der Waals surface area contributed by atoms with Gasteiger partial charge in [0.1, 0.15) is 0 Å². The van der Waals surface area contributed by atoms with Gasteiger partial charge in [-0.1, -0.05) is 78.9 Å². The third kappa shape index (κ3) is 4.17. The molecule has 0 aliphatic rings. The Hall–Kier alpha value is -5.05. The van der Waals surface area contributed by atoms with Crippen LogP contribution in [0.3, 0.4) is 0 Å². The summed E-state index contributed by atoms with van der Waals surface area (Å²) >= 11 is 0. The minimum absolute atomic E-state index is 0.0847. The van der Waals surface area contributed by atoms with Crippen molar-refractivity contribution < 1.29 is 9.59 Å². The molecule has 166 valence electrons. The second kappa shape index (κ2) is 9.21. The van der Waals surface area contributed by atoms with Crippen molar-refractivity contribution in [3.63, 3.8) is 0 Å². The lowest BCUT2D eigenvalue weighted by Crippen LogP contribution is -2.42. The SMILES string of the molecule is O=C(NNC(=O)c1cn[nH]c1-c1ccccc1)c1nc(-c2ccccc2)n(-c2ccccc2)n1. The Bertz CT molecular complexity index is 1370. The molecule has 0 saturated heterocycles. The number of para-hydroxylation sites is 1. The quantitative estimate of drug-likeness (QED) is 0.356. The van der Waals surface area contributed by atoms with Gasteiger partial charge in [-0.15, -0.1) is 5.10 Å². The molecule has 0 aliphatic carbocycles. The Morgan fingerprint density at radius 3 is 2.00 bits per heavy atom. The zero-order valence-electron chi connectivity index (χ0n) is 17.8. The van der Waals surface area contributed by atoms with Crippen molar-refractivity contribution in [1.29, 1.82) is 0 Å². The van der Waals surface area contributed by atoms with E-state index in [-0.39, 0.29) is 5.82 Å². The van der Waals surface area contributed by atoms with Crippen molar-refractivity contribution in [2.45, 2.75) is 0 Å². The average Bonchev–Trinajstić information content (AvgIpc) is 3.57. The molecule has 0 unspecified atom stereocenters. The highest BCUT2D eigenvalue weighted by atomic mass is 16.2. The first-order valence-corrected chi connectivity index (χ1v) is 10.5. The third-order valence-corrected chi connectivity index (χ3v) is 5.08. The second-order valence-corrected chi connectivity index (χ2v) is 7.31. The van der Waals surface area contributed by atoms with Crippen LogP contribution in [0.2, 0.25) is 0 Å². The van der Waals surface area contributed by atoms with Crippen molar-refractivity contribution in [2.75, 3.05) is 0 Å². The predicted octanol–water partition coefficient (Wildman–Crippen LogP) is 3.40. The first kappa shape index (κ1) is 20.8. The van der Waals surface area contributed by atoms with Gasteiger partial charge in [0.15, 0.2) is 5.82 Å². The molecule has 3 N–H and O–H groups in total. The molecule has 0 aliphatic heterocycles. The number of H-pyrrole nitrogens is 1. The number of hydrogen-bond acceptors (Lipinski definition) is 5. The number of amides is 2. The maximum Gasteiger partial charge on any atom is 0.309 e. The number of hydrazine groups is 1. The summed E-state index contributed by atoms with van der Waals surface area (Å²) in [6.45, 7) is 0. The molecule has 0 spiro atoms. The molecule has 5 rings (SSSR count). The van der Waals surface area contributed by atoms with E-state index in [1.165, 1.54) is 6.20 Å². The molecule has 0 atom stereocenters. The van der Waals surface area contributed by atoms with Crippen molar-refractivity contribution in [1.82, 2.24) is 35.8 Å². The lowest BCUT2D eigenvalue weighted by atomic mass is 10.1. The fraction of sp³-hybridized carbons (Fsp3) is 0. The first-order valence-electron chi connectivity index (χ1n) is 10.5. The summed E-state index contributed by atoms with van der Waals surface area (Å²) in [4.78, 5) is 30.0. The van der Waals surface area contributed by atoms with Crippen LogP contribution in [0.15, 0.2) is 97.2 Å². The van der Waals surface area contributed by atoms with E-state index in [0.717, 1.165) is 16.8 Å². The van der Waals surface area contributed by atoms with Crippen molar-refractivity contribution in [3.8, 4) is 28.3 Å². The van der Waals surface area contributed by atoms with E-state index in [4.69, 9.17) is 0 Å². The number of nitrogens with zero attached hydrogens (tertiary/aromatic N) is 4. The van der Waals surface area contributed by atoms with Crippen molar-refractivity contribution in [2.24, 2.45) is 0 Å². The number of hydrogen-bond donors (Lipinski definition) is 3. The van der Waals surface area contributed by atoms with Crippen LogP contribution in [0, 0.1) is 0 Å². The number of benzene rings is 3. The van der Waals surface area contributed by atoms with Crippen LogP contribution < -0.4 is 10.9 Å².